The second kappa shape index (κ2) is 5.55. The second-order valence-corrected chi connectivity index (χ2v) is 5.16. The summed E-state index contributed by atoms with van der Waals surface area (Å²) in [4.78, 5) is 0. The molecule has 3 nitrogen and oxygen atoms in total. The van der Waals surface area contributed by atoms with E-state index < -0.39 is 0 Å². The standard InChI is InChI=1S/C17H19NO2/c1-20-15-7-5-13-6-8-17(16(13)10-15)18-14-4-2-3-12(9-14)11-19/h2-5,7,9-10,17-19H,6,8,11H2,1H3. The largest absolute Gasteiger partial charge is 0.497 e. The van der Waals surface area contributed by atoms with E-state index in [1.54, 1.807) is 7.11 Å². The van der Waals surface area contributed by atoms with Gasteiger partial charge in [-0.3, -0.25) is 0 Å². The first-order chi connectivity index (χ1) is 9.80. The summed E-state index contributed by atoms with van der Waals surface area (Å²) in [6.07, 6.45) is 2.18. The zero-order valence-electron chi connectivity index (χ0n) is 11.6. The summed E-state index contributed by atoms with van der Waals surface area (Å²) in [7, 11) is 1.70. The molecule has 0 bridgehead atoms. The highest BCUT2D eigenvalue weighted by atomic mass is 16.5. The van der Waals surface area contributed by atoms with E-state index in [1.165, 1.54) is 11.1 Å². The SMILES string of the molecule is COc1ccc2c(c1)C(Nc1cccc(CO)c1)CC2. The lowest BCUT2D eigenvalue weighted by Gasteiger charge is -2.16. The van der Waals surface area contributed by atoms with E-state index in [0.29, 0.717) is 6.04 Å². The maximum Gasteiger partial charge on any atom is 0.119 e. The Hall–Kier alpha value is -2.00. The number of fused-ring (bicyclic) bond motifs is 1. The topological polar surface area (TPSA) is 41.5 Å². The van der Waals surface area contributed by atoms with Gasteiger partial charge in [0.15, 0.2) is 0 Å². The molecule has 0 saturated heterocycles. The van der Waals surface area contributed by atoms with Crippen molar-refractivity contribution < 1.29 is 9.84 Å². The van der Waals surface area contributed by atoms with Crippen LogP contribution >= 0.6 is 0 Å². The molecule has 1 aliphatic carbocycles. The molecule has 0 fully saturated rings. The van der Waals surface area contributed by atoms with Crippen molar-refractivity contribution in [3.05, 3.63) is 59.2 Å². The lowest BCUT2D eigenvalue weighted by molar-refractivity contribution is 0.282. The number of nitrogens with one attached hydrogen (secondary N) is 1. The molecule has 0 aromatic heterocycles. The van der Waals surface area contributed by atoms with Gasteiger partial charge in [-0.05, 0) is 53.8 Å². The Kier molecular flexibility index (Phi) is 3.61. The van der Waals surface area contributed by atoms with Crippen molar-refractivity contribution in [2.45, 2.75) is 25.5 Å². The summed E-state index contributed by atoms with van der Waals surface area (Å²) in [5.74, 6) is 0.904. The first-order valence-electron chi connectivity index (χ1n) is 6.93. The number of aryl methyl sites for hydroxylation is 1. The van der Waals surface area contributed by atoms with Crippen molar-refractivity contribution in [1.82, 2.24) is 0 Å². The van der Waals surface area contributed by atoms with Crippen LogP contribution in [0, 0.1) is 0 Å². The molecular weight excluding hydrogens is 250 g/mol. The minimum Gasteiger partial charge on any atom is -0.497 e. The number of hydrogen-bond donors (Lipinski definition) is 2. The Balaban J connectivity index is 1.83. The molecule has 0 saturated carbocycles. The van der Waals surface area contributed by atoms with Crippen LogP contribution in [0.3, 0.4) is 0 Å². The maximum atomic E-state index is 9.20. The number of benzene rings is 2. The van der Waals surface area contributed by atoms with Gasteiger partial charge >= 0.3 is 0 Å². The Labute approximate surface area is 119 Å². The van der Waals surface area contributed by atoms with E-state index in [9.17, 15) is 5.11 Å². The number of methoxy groups -OCH3 is 1. The highest BCUT2D eigenvalue weighted by molar-refractivity contribution is 5.51. The van der Waals surface area contributed by atoms with Gasteiger partial charge in [0.1, 0.15) is 5.75 Å². The second-order valence-electron chi connectivity index (χ2n) is 5.16. The minimum absolute atomic E-state index is 0.0740. The predicted octanol–water partition coefficient (Wildman–Crippen LogP) is 3.29. The summed E-state index contributed by atoms with van der Waals surface area (Å²) in [6.45, 7) is 0.0740. The van der Waals surface area contributed by atoms with Gasteiger partial charge in [-0.1, -0.05) is 18.2 Å². The molecule has 2 aromatic rings. The predicted molar refractivity (Wildman–Crippen MR) is 80.0 cm³/mol. The van der Waals surface area contributed by atoms with E-state index in [-0.39, 0.29) is 6.61 Å². The number of aliphatic hydroxyl groups excluding tert-OH is 1. The fraction of sp³-hybridized carbons (Fsp3) is 0.294. The van der Waals surface area contributed by atoms with Crippen molar-refractivity contribution in [3.63, 3.8) is 0 Å². The molecule has 104 valence electrons. The van der Waals surface area contributed by atoms with E-state index in [4.69, 9.17) is 4.74 Å². The highest BCUT2D eigenvalue weighted by Crippen LogP contribution is 2.36. The normalized spacial score (nSPS) is 16.8. The van der Waals surface area contributed by atoms with E-state index in [0.717, 1.165) is 29.8 Å². The molecule has 0 heterocycles. The fourth-order valence-electron chi connectivity index (χ4n) is 2.82. The van der Waals surface area contributed by atoms with Crippen molar-refractivity contribution in [2.75, 3.05) is 12.4 Å². The van der Waals surface area contributed by atoms with Crippen LogP contribution in [0.2, 0.25) is 0 Å². The summed E-state index contributed by atoms with van der Waals surface area (Å²) in [5, 5.41) is 12.8. The van der Waals surface area contributed by atoms with Crippen molar-refractivity contribution in [3.8, 4) is 5.75 Å². The van der Waals surface area contributed by atoms with Gasteiger partial charge in [0, 0.05) is 5.69 Å². The number of rotatable bonds is 4. The van der Waals surface area contributed by atoms with Gasteiger partial charge in [-0.15, -0.1) is 0 Å². The van der Waals surface area contributed by atoms with Crippen molar-refractivity contribution >= 4 is 5.69 Å². The Morgan fingerprint density at radius 3 is 2.95 bits per heavy atom. The average molecular weight is 269 g/mol. The maximum absolute atomic E-state index is 9.20. The van der Waals surface area contributed by atoms with Crippen LogP contribution in [-0.2, 0) is 13.0 Å². The number of anilines is 1. The molecule has 0 amide bonds. The molecule has 3 heteroatoms. The van der Waals surface area contributed by atoms with E-state index in [2.05, 4.69) is 17.4 Å². The van der Waals surface area contributed by atoms with Gasteiger partial charge in [-0.25, -0.2) is 0 Å². The summed E-state index contributed by atoms with van der Waals surface area (Å²) >= 11 is 0. The molecule has 20 heavy (non-hydrogen) atoms. The molecule has 0 aliphatic heterocycles. The third-order valence-corrected chi connectivity index (χ3v) is 3.88. The molecule has 0 spiro atoms. The van der Waals surface area contributed by atoms with Crippen LogP contribution < -0.4 is 10.1 Å². The smallest absolute Gasteiger partial charge is 0.119 e. The lowest BCUT2D eigenvalue weighted by atomic mass is 10.1. The molecule has 0 radical (unpaired) electrons. The van der Waals surface area contributed by atoms with Crippen LogP contribution in [0.4, 0.5) is 5.69 Å². The number of aliphatic hydroxyl groups is 1. The zero-order valence-corrected chi connectivity index (χ0v) is 11.6. The Bertz CT molecular complexity index is 610. The molecular formula is C17H19NO2. The Morgan fingerprint density at radius 1 is 1.25 bits per heavy atom. The van der Waals surface area contributed by atoms with Gasteiger partial charge in [0.05, 0.1) is 19.8 Å². The molecule has 1 unspecified atom stereocenters. The number of hydrogen-bond acceptors (Lipinski definition) is 3. The van der Waals surface area contributed by atoms with Crippen LogP contribution in [0.5, 0.6) is 5.75 Å². The molecule has 1 atom stereocenters. The monoisotopic (exact) mass is 269 g/mol. The summed E-state index contributed by atoms with van der Waals surface area (Å²) in [6, 6.07) is 14.5. The van der Waals surface area contributed by atoms with E-state index >= 15 is 0 Å². The molecule has 3 rings (SSSR count). The fourth-order valence-corrected chi connectivity index (χ4v) is 2.82. The summed E-state index contributed by atoms with van der Waals surface area (Å²) < 4.78 is 5.31. The van der Waals surface area contributed by atoms with Gasteiger partial charge < -0.3 is 15.2 Å². The average Bonchev–Trinajstić information content (AvgIpc) is 2.89. The Morgan fingerprint density at radius 2 is 2.15 bits per heavy atom. The molecule has 2 N–H and O–H groups in total. The first-order valence-corrected chi connectivity index (χ1v) is 6.93. The third-order valence-electron chi connectivity index (χ3n) is 3.88. The number of ether oxygens (including phenoxy) is 1. The first kappa shape index (κ1) is 13.0. The minimum atomic E-state index is 0.0740. The van der Waals surface area contributed by atoms with Gasteiger partial charge in [0.2, 0.25) is 0 Å². The highest BCUT2D eigenvalue weighted by Gasteiger charge is 2.22. The van der Waals surface area contributed by atoms with Crippen LogP contribution in [0.25, 0.3) is 0 Å². The molecule has 1 aliphatic rings. The third kappa shape index (κ3) is 2.49. The summed E-state index contributed by atoms with van der Waals surface area (Å²) in [5.41, 5.74) is 4.69. The zero-order chi connectivity index (χ0) is 13.9. The van der Waals surface area contributed by atoms with Gasteiger partial charge in [-0.2, -0.15) is 0 Å². The van der Waals surface area contributed by atoms with E-state index in [1.807, 2.05) is 30.3 Å². The van der Waals surface area contributed by atoms with Gasteiger partial charge in [0.25, 0.3) is 0 Å². The quantitative estimate of drug-likeness (QED) is 0.895. The van der Waals surface area contributed by atoms with Crippen molar-refractivity contribution in [2.24, 2.45) is 0 Å². The van der Waals surface area contributed by atoms with Crippen LogP contribution in [0.1, 0.15) is 29.2 Å². The lowest BCUT2D eigenvalue weighted by Crippen LogP contribution is -2.07. The van der Waals surface area contributed by atoms with Crippen molar-refractivity contribution in [1.29, 1.82) is 0 Å². The van der Waals surface area contributed by atoms with Crippen LogP contribution in [-0.4, -0.2) is 12.2 Å². The van der Waals surface area contributed by atoms with Crippen LogP contribution in [0.15, 0.2) is 42.5 Å². The molecule has 2 aromatic carbocycles.